The Morgan fingerprint density at radius 2 is 1.91 bits per heavy atom. The molecule has 0 atom stereocenters. The summed E-state index contributed by atoms with van der Waals surface area (Å²) in [7, 11) is 1.29. The van der Waals surface area contributed by atoms with Crippen LogP contribution in [0.5, 0.6) is 0 Å². The Labute approximate surface area is 138 Å². The van der Waals surface area contributed by atoms with E-state index in [0.717, 1.165) is 19.3 Å². The number of nitrogens with zero attached hydrogens (tertiary/aromatic N) is 2. The molecule has 6 nitrogen and oxygen atoms in total. The highest BCUT2D eigenvalue weighted by Crippen LogP contribution is 2.11. The van der Waals surface area contributed by atoms with Gasteiger partial charge in [-0.3, -0.25) is 4.79 Å². The molecule has 0 saturated heterocycles. The second-order valence-electron chi connectivity index (χ2n) is 5.60. The number of ether oxygens (including phenoxy) is 1. The normalized spacial score (nSPS) is 10.6. The fourth-order valence-electron chi connectivity index (χ4n) is 2.34. The van der Waals surface area contributed by atoms with Gasteiger partial charge in [0.1, 0.15) is 6.26 Å². The van der Waals surface area contributed by atoms with Gasteiger partial charge >= 0.3 is 5.97 Å². The molecule has 0 N–H and O–H groups in total. The smallest absolute Gasteiger partial charge is 0.360 e. The van der Waals surface area contributed by atoms with Crippen molar-refractivity contribution in [2.24, 2.45) is 0 Å². The summed E-state index contributed by atoms with van der Waals surface area (Å²) in [5, 5.41) is 0. The van der Waals surface area contributed by atoms with E-state index in [4.69, 9.17) is 4.42 Å². The molecular formula is C17H28N2O4. The summed E-state index contributed by atoms with van der Waals surface area (Å²) >= 11 is 0. The zero-order chi connectivity index (χ0) is 17.1. The molecule has 0 radical (unpaired) electrons. The summed E-state index contributed by atoms with van der Waals surface area (Å²) in [6, 6.07) is 0. The van der Waals surface area contributed by atoms with E-state index in [0.29, 0.717) is 25.4 Å². The van der Waals surface area contributed by atoms with Crippen molar-refractivity contribution in [3.63, 3.8) is 0 Å². The number of carbonyl (C=O) groups excluding carboxylic acids is 2. The van der Waals surface area contributed by atoms with Crippen molar-refractivity contribution in [2.45, 2.75) is 65.3 Å². The van der Waals surface area contributed by atoms with Crippen molar-refractivity contribution in [1.82, 2.24) is 9.88 Å². The maximum atomic E-state index is 12.3. The summed E-state index contributed by atoms with van der Waals surface area (Å²) in [5.74, 6) is -0.0661. The molecule has 0 bridgehead atoms. The zero-order valence-corrected chi connectivity index (χ0v) is 14.5. The average molecular weight is 324 g/mol. The van der Waals surface area contributed by atoms with Crippen molar-refractivity contribution in [1.29, 1.82) is 0 Å². The third-order valence-electron chi connectivity index (χ3n) is 3.61. The van der Waals surface area contributed by atoms with Crippen molar-refractivity contribution in [3.8, 4) is 0 Å². The van der Waals surface area contributed by atoms with Gasteiger partial charge in [-0.2, -0.15) is 0 Å². The van der Waals surface area contributed by atoms with Gasteiger partial charge in [-0.1, -0.05) is 39.5 Å². The van der Waals surface area contributed by atoms with Crippen LogP contribution >= 0.6 is 0 Å². The number of carbonyl (C=O) groups is 2. The topological polar surface area (TPSA) is 72.6 Å². The second-order valence-corrected chi connectivity index (χ2v) is 5.60. The number of unbranched alkanes of at least 4 members (excludes halogenated alkanes) is 4. The van der Waals surface area contributed by atoms with Crippen LogP contribution in [0.1, 0.15) is 75.2 Å². The van der Waals surface area contributed by atoms with Crippen LogP contribution in [0.3, 0.4) is 0 Å². The van der Waals surface area contributed by atoms with Crippen LogP contribution in [0.15, 0.2) is 10.7 Å². The average Bonchev–Trinajstić information content (AvgIpc) is 3.02. The van der Waals surface area contributed by atoms with Crippen molar-refractivity contribution >= 4 is 11.9 Å². The predicted octanol–water partition coefficient (Wildman–Crippen LogP) is 3.56. The number of methoxy groups -OCH3 is 1. The van der Waals surface area contributed by atoms with E-state index in [1.54, 1.807) is 4.90 Å². The maximum absolute atomic E-state index is 12.3. The minimum atomic E-state index is -0.538. The van der Waals surface area contributed by atoms with Gasteiger partial charge in [0.15, 0.2) is 5.69 Å². The van der Waals surface area contributed by atoms with Crippen LogP contribution in [0.25, 0.3) is 0 Å². The lowest BCUT2D eigenvalue weighted by Crippen LogP contribution is -2.31. The van der Waals surface area contributed by atoms with Crippen molar-refractivity contribution in [2.75, 3.05) is 13.7 Å². The Hall–Kier alpha value is -1.85. The Morgan fingerprint density at radius 1 is 1.17 bits per heavy atom. The van der Waals surface area contributed by atoms with Gasteiger partial charge in [-0.25, -0.2) is 9.78 Å². The minimum Gasteiger partial charge on any atom is -0.464 e. The van der Waals surface area contributed by atoms with E-state index >= 15 is 0 Å². The fourth-order valence-corrected chi connectivity index (χ4v) is 2.34. The number of aromatic nitrogens is 1. The van der Waals surface area contributed by atoms with Crippen LogP contribution in [0.4, 0.5) is 0 Å². The fraction of sp³-hybridized carbons (Fsp3) is 0.706. The molecule has 0 unspecified atom stereocenters. The molecule has 1 aromatic heterocycles. The highest BCUT2D eigenvalue weighted by Gasteiger charge is 2.18. The molecule has 0 aromatic carbocycles. The Bertz CT molecular complexity index is 485. The quantitative estimate of drug-likeness (QED) is 0.459. The number of rotatable bonds is 11. The van der Waals surface area contributed by atoms with Gasteiger partial charge in [0.2, 0.25) is 11.8 Å². The lowest BCUT2D eigenvalue weighted by molar-refractivity contribution is -0.132. The SMILES string of the molecule is CCCCCCCC(=O)N(CCC)Cc1nc(C(=O)OC)co1. The first-order chi connectivity index (χ1) is 11.1. The molecule has 1 rings (SSSR count). The van der Waals surface area contributed by atoms with Gasteiger partial charge in [0, 0.05) is 13.0 Å². The molecule has 23 heavy (non-hydrogen) atoms. The van der Waals surface area contributed by atoms with Crippen LogP contribution in [-0.2, 0) is 16.1 Å². The molecule has 130 valence electrons. The molecule has 0 fully saturated rings. The van der Waals surface area contributed by atoms with Gasteiger partial charge in [0.25, 0.3) is 0 Å². The molecule has 0 aliphatic heterocycles. The largest absolute Gasteiger partial charge is 0.464 e. The first kappa shape index (κ1) is 19.2. The third-order valence-corrected chi connectivity index (χ3v) is 3.61. The van der Waals surface area contributed by atoms with E-state index < -0.39 is 5.97 Å². The predicted molar refractivity (Wildman–Crippen MR) is 86.9 cm³/mol. The van der Waals surface area contributed by atoms with Gasteiger partial charge in [-0.15, -0.1) is 0 Å². The summed E-state index contributed by atoms with van der Waals surface area (Å²) in [6.45, 7) is 5.15. The molecular weight excluding hydrogens is 296 g/mol. The lowest BCUT2D eigenvalue weighted by atomic mass is 10.1. The van der Waals surface area contributed by atoms with E-state index in [-0.39, 0.29) is 11.6 Å². The van der Waals surface area contributed by atoms with E-state index in [1.807, 2.05) is 6.92 Å². The first-order valence-corrected chi connectivity index (χ1v) is 8.42. The molecule has 0 aliphatic rings. The van der Waals surface area contributed by atoms with Crippen molar-refractivity contribution < 1.29 is 18.7 Å². The second kappa shape index (κ2) is 10.8. The first-order valence-electron chi connectivity index (χ1n) is 8.42. The van der Waals surface area contributed by atoms with Gasteiger partial charge in [-0.05, 0) is 12.8 Å². The van der Waals surface area contributed by atoms with E-state index in [9.17, 15) is 9.59 Å². The number of oxazole rings is 1. The number of esters is 1. The Kier molecular flexibility index (Phi) is 9.02. The van der Waals surface area contributed by atoms with Crippen LogP contribution in [0, 0.1) is 0 Å². The Morgan fingerprint density at radius 3 is 2.57 bits per heavy atom. The molecule has 1 heterocycles. The summed E-state index contributed by atoms with van der Waals surface area (Å²) < 4.78 is 9.86. The summed E-state index contributed by atoms with van der Waals surface area (Å²) in [6.07, 6.45) is 8.28. The van der Waals surface area contributed by atoms with Gasteiger partial charge in [0.05, 0.1) is 13.7 Å². The summed E-state index contributed by atoms with van der Waals surface area (Å²) in [5.41, 5.74) is 0.131. The minimum absolute atomic E-state index is 0.112. The number of hydrogen-bond acceptors (Lipinski definition) is 5. The standard InChI is InChI=1S/C17H28N2O4/c1-4-6-7-8-9-10-16(20)19(11-5-2)12-15-18-14(13-23-15)17(21)22-3/h13H,4-12H2,1-3H3. The number of amides is 1. The molecule has 1 amide bonds. The lowest BCUT2D eigenvalue weighted by Gasteiger charge is -2.20. The van der Waals surface area contributed by atoms with Gasteiger partial charge < -0.3 is 14.1 Å². The van der Waals surface area contributed by atoms with E-state index in [2.05, 4.69) is 16.6 Å². The third kappa shape index (κ3) is 6.84. The highest BCUT2D eigenvalue weighted by atomic mass is 16.5. The van der Waals surface area contributed by atoms with Crippen LogP contribution < -0.4 is 0 Å². The zero-order valence-electron chi connectivity index (χ0n) is 14.5. The molecule has 1 aromatic rings. The van der Waals surface area contributed by atoms with E-state index in [1.165, 1.54) is 32.6 Å². The monoisotopic (exact) mass is 324 g/mol. The summed E-state index contributed by atoms with van der Waals surface area (Å²) in [4.78, 5) is 29.5. The maximum Gasteiger partial charge on any atom is 0.360 e. The Balaban J connectivity index is 2.51. The molecule has 0 saturated carbocycles. The molecule has 0 spiro atoms. The molecule has 6 heteroatoms. The number of hydrogen-bond donors (Lipinski definition) is 0. The van der Waals surface area contributed by atoms with Crippen LogP contribution in [-0.4, -0.2) is 35.4 Å². The van der Waals surface area contributed by atoms with Crippen LogP contribution in [0.2, 0.25) is 0 Å². The van der Waals surface area contributed by atoms with Crippen molar-refractivity contribution in [3.05, 3.63) is 17.8 Å². The molecule has 0 aliphatic carbocycles. The highest BCUT2D eigenvalue weighted by molar-refractivity contribution is 5.86.